The predicted octanol–water partition coefficient (Wildman–Crippen LogP) is 4.93. The van der Waals surface area contributed by atoms with Gasteiger partial charge in [0, 0.05) is 64.3 Å². The normalized spacial score (nSPS) is 18.5. The highest BCUT2D eigenvalue weighted by Crippen LogP contribution is 2.26. The molecule has 1 saturated heterocycles. The van der Waals surface area contributed by atoms with Crippen molar-refractivity contribution in [3.8, 4) is 5.69 Å². The Kier molecular flexibility index (Phi) is 9.67. The Balaban J connectivity index is 1.19. The SMILES string of the molecule is CCCC(CNc1cn(-c2ccccc2CN2CCCN(C(C)=O)CC2)cn1)N[C@H]1CCc2cc(F)cc(F)c2C1. The molecule has 2 aliphatic rings. The van der Waals surface area contributed by atoms with Crippen LogP contribution in [0.15, 0.2) is 48.9 Å². The first-order chi connectivity index (χ1) is 19.9. The second-order valence-corrected chi connectivity index (χ2v) is 11.4. The first kappa shape index (κ1) is 29.2. The number of carbonyl (C=O) groups excluding carboxylic acids is 1. The number of halogens is 2. The summed E-state index contributed by atoms with van der Waals surface area (Å²) in [6.07, 6.45) is 9.01. The van der Waals surface area contributed by atoms with Gasteiger partial charge in [-0.25, -0.2) is 13.8 Å². The van der Waals surface area contributed by atoms with E-state index in [-0.39, 0.29) is 18.0 Å². The average molecular weight is 565 g/mol. The number of fused-ring (bicyclic) bond motifs is 1. The molecule has 3 aromatic rings. The number of rotatable bonds is 10. The number of benzene rings is 2. The number of aryl methyl sites for hydroxylation is 1. The molecule has 2 aromatic carbocycles. The lowest BCUT2D eigenvalue weighted by Crippen LogP contribution is -2.45. The van der Waals surface area contributed by atoms with E-state index in [4.69, 9.17) is 0 Å². The van der Waals surface area contributed by atoms with Gasteiger partial charge in [0.15, 0.2) is 0 Å². The van der Waals surface area contributed by atoms with Crippen molar-refractivity contribution in [2.45, 2.75) is 71.0 Å². The molecule has 2 heterocycles. The quantitative estimate of drug-likeness (QED) is 0.366. The van der Waals surface area contributed by atoms with Crippen LogP contribution in [-0.2, 0) is 24.2 Å². The highest BCUT2D eigenvalue weighted by molar-refractivity contribution is 5.73. The summed E-state index contributed by atoms with van der Waals surface area (Å²) in [5.74, 6) is 0.0314. The fourth-order valence-corrected chi connectivity index (χ4v) is 6.21. The van der Waals surface area contributed by atoms with Crippen LogP contribution in [0, 0.1) is 11.6 Å². The number of nitrogens with zero attached hydrogens (tertiary/aromatic N) is 4. The zero-order valence-corrected chi connectivity index (χ0v) is 24.2. The molecule has 5 rings (SSSR count). The molecule has 41 heavy (non-hydrogen) atoms. The molecule has 1 unspecified atom stereocenters. The Hall–Kier alpha value is -3.30. The molecular weight excluding hydrogens is 522 g/mol. The molecule has 0 spiro atoms. The first-order valence-electron chi connectivity index (χ1n) is 15.0. The van der Waals surface area contributed by atoms with Crippen LogP contribution in [0.25, 0.3) is 5.69 Å². The van der Waals surface area contributed by atoms with E-state index in [2.05, 4.69) is 50.2 Å². The third kappa shape index (κ3) is 7.51. The second-order valence-electron chi connectivity index (χ2n) is 11.4. The predicted molar refractivity (Wildman–Crippen MR) is 158 cm³/mol. The van der Waals surface area contributed by atoms with Crippen molar-refractivity contribution in [1.82, 2.24) is 24.7 Å². The Bertz CT molecular complexity index is 1330. The van der Waals surface area contributed by atoms with Gasteiger partial charge in [-0.2, -0.15) is 0 Å². The Morgan fingerprint density at radius 3 is 2.83 bits per heavy atom. The van der Waals surface area contributed by atoms with Gasteiger partial charge in [-0.3, -0.25) is 9.69 Å². The highest BCUT2D eigenvalue weighted by Gasteiger charge is 2.24. The zero-order chi connectivity index (χ0) is 28.8. The van der Waals surface area contributed by atoms with Crippen LogP contribution in [0.4, 0.5) is 14.6 Å². The van der Waals surface area contributed by atoms with Crippen LogP contribution in [0.2, 0.25) is 0 Å². The van der Waals surface area contributed by atoms with E-state index in [1.807, 2.05) is 23.5 Å². The van der Waals surface area contributed by atoms with Crippen LogP contribution < -0.4 is 10.6 Å². The number of amides is 1. The second kappa shape index (κ2) is 13.6. The van der Waals surface area contributed by atoms with Crippen LogP contribution in [0.3, 0.4) is 0 Å². The minimum Gasteiger partial charge on any atom is -0.367 e. The molecule has 1 aliphatic heterocycles. The van der Waals surface area contributed by atoms with Crippen LogP contribution in [0.5, 0.6) is 0 Å². The van der Waals surface area contributed by atoms with Gasteiger partial charge < -0.3 is 20.1 Å². The highest BCUT2D eigenvalue weighted by atomic mass is 19.1. The van der Waals surface area contributed by atoms with E-state index in [0.717, 1.165) is 81.5 Å². The number of nitrogens with one attached hydrogen (secondary N) is 2. The summed E-state index contributed by atoms with van der Waals surface area (Å²) in [6.45, 7) is 8.78. The maximum Gasteiger partial charge on any atom is 0.219 e. The van der Waals surface area contributed by atoms with Gasteiger partial charge in [-0.05, 0) is 60.9 Å². The van der Waals surface area contributed by atoms with Crippen LogP contribution >= 0.6 is 0 Å². The lowest BCUT2D eigenvalue weighted by molar-refractivity contribution is -0.128. The lowest BCUT2D eigenvalue weighted by Gasteiger charge is -2.30. The lowest BCUT2D eigenvalue weighted by atomic mass is 9.87. The Labute approximate surface area is 241 Å². The molecule has 7 nitrogen and oxygen atoms in total. The van der Waals surface area contributed by atoms with E-state index >= 15 is 0 Å². The van der Waals surface area contributed by atoms with Crippen molar-refractivity contribution in [3.63, 3.8) is 0 Å². The summed E-state index contributed by atoms with van der Waals surface area (Å²) in [7, 11) is 0. The number of carbonyl (C=O) groups is 1. The van der Waals surface area contributed by atoms with Crippen LogP contribution in [-0.4, -0.2) is 70.1 Å². The Morgan fingerprint density at radius 1 is 1.15 bits per heavy atom. The Morgan fingerprint density at radius 2 is 2.00 bits per heavy atom. The zero-order valence-electron chi connectivity index (χ0n) is 24.2. The molecule has 0 saturated carbocycles. The summed E-state index contributed by atoms with van der Waals surface area (Å²) in [4.78, 5) is 20.8. The number of hydrogen-bond acceptors (Lipinski definition) is 5. The summed E-state index contributed by atoms with van der Waals surface area (Å²) in [5.41, 5.74) is 3.77. The molecule has 9 heteroatoms. The largest absolute Gasteiger partial charge is 0.367 e. The van der Waals surface area contributed by atoms with Crippen LogP contribution in [0.1, 0.15) is 56.2 Å². The van der Waals surface area contributed by atoms with Crippen molar-refractivity contribution in [2.24, 2.45) is 0 Å². The van der Waals surface area contributed by atoms with Gasteiger partial charge in [0.05, 0.1) is 11.9 Å². The fourth-order valence-electron chi connectivity index (χ4n) is 6.21. The monoisotopic (exact) mass is 564 g/mol. The molecule has 1 fully saturated rings. The summed E-state index contributed by atoms with van der Waals surface area (Å²) in [5, 5.41) is 7.24. The molecule has 1 aromatic heterocycles. The molecule has 1 aliphatic carbocycles. The van der Waals surface area contributed by atoms with Crippen molar-refractivity contribution in [3.05, 3.63) is 77.2 Å². The minimum atomic E-state index is -0.495. The molecule has 220 valence electrons. The number of para-hydroxylation sites is 1. The van der Waals surface area contributed by atoms with E-state index < -0.39 is 11.6 Å². The van der Waals surface area contributed by atoms with E-state index in [9.17, 15) is 13.6 Å². The fraction of sp³-hybridized carbons (Fsp3) is 0.500. The maximum atomic E-state index is 14.4. The topological polar surface area (TPSA) is 65.4 Å². The number of aromatic nitrogens is 2. The molecule has 0 bridgehead atoms. The standard InChI is InChI=1S/C32H42F2N6O/c1-3-7-28(37-27-11-10-24-16-26(33)17-30(34)29(24)18-27)19-35-32-21-40(22-36-32)31-9-5-4-8-25(31)20-38-12-6-13-39(15-14-38)23(2)41/h4-5,8-9,16-17,21-22,27-28,35,37H,3,6-7,10-15,18-20H2,1-2H3/t27-,28?/m0/s1. The third-order valence-electron chi connectivity index (χ3n) is 8.38. The number of anilines is 1. The van der Waals surface area contributed by atoms with Gasteiger partial charge in [-0.15, -0.1) is 0 Å². The molecule has 2 atom stereocenters. The smallest absolute Gasteiger partial charge is 0.219 e. The van der Waals surface area contributed by atoms with Crippen molar-refractivity contribution in [2.75, 3.05) is 38.0 Å². The van der Waals surface area contributed by atoms with E-state index in [0.29, 0.717) is 24.9 Å². The minimum absolute atomic E-state index is 0.150. The number of imidazole rings is 1. The van der Waals surface area contributed by atoms with Gasteiger partial charge in [0.1, 0.15) is 23.8 Å². The summed E-state index contributed by atoms with van der Waals surface area (Å²) < 4.78 is 30.1. The molecular formula is C32H42F2N6O. The third-order valence-corrected chi connectivity index (χ3v) is 8.38. The van der Waals surface area contributed by atoms with Gasteiger partial charge >= 0.3 is 0 Å². The maximum absolute atomic E-state index is 14.4. The van der Waals surface area contributed by atoms with Gasteiger partial charge in [-0.1, -0.05) is 31.5 Å². The first-order valence-corrected chi connectivity index (χ1v) is 15.0. The summed E-state index contributed by atoms with van der Waals surface area (Å²) >= 11 is 0. The van der Waals surface area contributed by atoms with Gasteiger partial charge in [0.25, 0.3) is 0 Å². The van der Waals surface area contributed by atoms with Crippen molar-refractivity contribution >= 4 is 11.7 Å². The van der Waals surface area contributed by atoms with Crippen molar-refractivity contribution in [1.29, 1.82) is 0 Å². The number of hydrogen-bond donors (Lipinski definition) is 2. The van der Waals surface area contributed by atoms with E-state index in [1.54, 1.807) is 6.92 Å². The van der Waals surface area contributed by atoms with Gasteiger partial charge in [0.2, 0.25) is 5.91 Å². The summed E-state index contributed by atoms with van der Waals surface area (Å²) in [6, 6.07) is 11.2. The molecule has 0 radical (unpaired) electrons. The van der Waals surface area contributed by atoms with E-state index in [1.165, 1.54) is 11.6 Å². The average Bonchev–Trinajstić information content (AvgIpc) is 3.30. The molecule has 2 N–H and O–H groups in total. The van der Waals surface area contributed by atoms with Crippen molar-refractivity contribution < 1.29 is 13.6 Å². The molecule has 1 amide bonds.